The summed E-state index contributed by atoms with van der Waals surface area (Å²) in [4.78, 5) is 0. The van der Waals surface area contributed by atoms with Crippen LogP contribution in [0.2, 0.25) is 0 Å². The summed E-state index contributed by atoms with van der Waals surface area (Å²) in [6.07, 6.45) is 2.35. The summed E-state index contributed by atoms with van der Waals surface area (Å²) in [6.45, 7) is 8.87. The summed E-state index contributed by atoms with van der Waals surface area (Å²) in [6, 6.07) is 18.3. The van der Waals surface area contributed by atoms with Crippen LogP contribution in [0.5, 0.6) is 0 Å². The van der Waals surface area contributed by atoms with Crippen molar-refractivity contribution in [3.8, 4) is 0 Å². The maximum Gasteiger partial charge on any atom is 0.0325 e. The van der Waals surface area contributed by atoms with E-state index in [0.29, 0.717) is 12.1 Å². The first-order chi connectivity index (χ1) is 10.1. The van der Waals surface area contributed by atoms with E-state index in [1.807, 2.05) is 0 Å². The van der Waals surface area contributed by atoms with Gasteiger partial charge in [0.05, 0.1) is 0 Å². The standard InChI is InChI=1S/C20H27N/c1-5-9-20(18-10-7-6-8-11-18)21-17(4)19-13-12-15(2)14-16(19)3/h6-8,10-14,17,20-21H,5,9H2,1-4H3. The number of nitrogens with one attached hydrogen (secondary N) is 1. The van der Waals surface area contributed by atoms with Crippen LogP contribution in [0.25, 0.3) is 0 Å². The van der Waals surface area contributed by atoms with Crippen molar-refractivity contribution in [3.63, 3.8) is 0 Å². The zero-order valence-electron chi connectivity index (χ0n) is 13.7. The Morgan fingerprint density at radius 3 is 2.33 bits per heavy atom. The molecule has 0 aliphatic carbocycles. The van der Waals surface area contributed by atoms with Gasteiger partial charge in [-0.25, -0.2) is 0 Å². The Labute approximate surface area is 129 Å². The predicted molar refractivity (Wildman–Crippen MR) is 91.6 cm³/mol. The molecule has 0 radical (unpaired) electrons. The topological polar surface area (TPSA) is 12.0 Å². The average Bonchev–Trinajstić information content (AvgIpc) is 2.47. The molecule has 1 N–H and O–H groups in total. The fraction of sp³-hybridized carbons (Fsp3) is 0.400. The van der Waals surface area contributed by atoms with E-state index in [-0.39, 0.29) is 0 Å². The lowest BCUT2D eigenvalue weighted by Crippen LogP contribution is -2.25. The molecule has 2 atom stereocenters. The van der Waals surface area contributed by atoms with Crippen molar-refractivity contribution >= 4 is 0 Å². The Morgan fingerprint density at radius 1 is 1.00 bits per heavy atom. The van der Waals surface area contributed by atoms with Crippen LogP contribution in [0, 0.1) is 13.8 Å². The van der Waals surface area contributed by atoms with E-state index in [1.54, 1.807) is 0 Å². The second kappa shape index (κ2) is 7.42. The lowest BCUT2D eigenvalue weighted by molar-refractivity contribution is 0.438. The number of rotatable bonds is 6. The van der Waals surface area contributed by atoms with Crippen LogP contribution in [0.15, 0.2) is 48.5 Å². The van der Waals surface area contributed by atoms with Crippen LogP contribution in [-0.2, 0) is 0 Å². The highest BCUT2D eigenvalue weighted by Crippen LogP contribution is 2.25. The molecule has 0 aromatic heterocycles. The van der Waals surface area contributed by atoms with Gasteiger partial charge in [0.25, 0.3) is 0 Å². The smallest absolute Gasteiger partial charge is 0.0325 e. The van der Waals surface area contributed by atoms with E-state index >= 15 is 0 Å². The quantitative estimate of drug-likeness (QED) is 0.737. The Kier molecular flexibility index (Phi) is 5.58. The van der Waals surface area contributed by atoms with Crippen molar-refractivity contribution in [1.29, 1.82) is 0 Å². The second-order valence-electron chi connectivity index (χ2n) is 6.00. The molecule has 2 aromatic carbocycles. The minimum atomic E-state index is 0.363. The summed E-state index contributed by atoms with van der Waals surface area (Å²) in [5.74, 6) is 0. The molecule has 0 amide bonds. The Hall–Kier alpha value is -1.60. The first-order valence-corrected chi connectivity index (χ1v) is 8.00. The van der Waals surface area contributed by atoms with Crippen molar-refractivity contribution in [2.45, 2.75) is 52.6 Å². The molecule has 0 aliphatic heterocycles. The Morgan fingerprint density at radius 2 is 1.71 bits per heavy atom. The van der Waals surface area contributed by atoms with Gasteiger partial charge in [0.15, 0.2) is 0 Å². The van der Waals surface area contributed by atoms with Gasteiger partial charge in [0.1, 0.15) is 0 Å². The molecule has 21 heavy (non-hydrogen) atoms. The Bertz CT molecular complexity index is 559. The SMILES string of the molecule is CCCC(NC(C)c1ccc(C)cc1C)c1ccccc1. The summed E-state index contributed by atoms with van der Waals surface area (Å²) in [5, 5.41) is 3.81. The molecular formula is C20H27N. The van der Waals surface area contributed by atoms with Gasteiger partial charge in [-0.15, -0.1) is 0 Å². The number of hydrogen-bond donors (Lipinski definition) is 1. The average molecular weight is 281 g/mol. The molecule has 2 rings (SSSR count). The molecule has 0 fully saturated rings. The maximum atomic E-state index is 3.81. The van der Waals surface area contributed by atoms with Crippen LogP contribution in [0.3, 0.4) is 0 Å². The van der Waals surface area contributed by atoms with E-state index < -0.39 is 0 Å². The Balaban J connectivity index is 2.16. The normalized spacial score (nSPS) is 13.9. The summed E-state index contributed by atoms with van der Waals surface area (Å²) >= 11 is 0. The largest absolute Gasteiger partial charge is 0.303 e. The van der Waals surface area contributed by atoms with Gasteiger partial charge in [0, 0.05) is 12.1 Å². The van der Waals surface area contributed by atoms with Crippen molar-refractivity contribution in [3.05, 3.63) is 70.8 Å². The third-order valence-corrected chi connectivity index (χ3v) is 4.12. The lowest BCUT2D eigenvalue weighted by atomic mass is 9.97. The van der Waals surface area contributed by atoms with Crippen LogP contribution >= 0.6 is 0 Å². The van der Waals surface area contributed by atoms with E-state index in [1.165, 1.54) is 35.1 Å². The molecule has 0 saturated carbocycles. The van der Waals surface area contributed by atoms with Gasteiger partial charge in [-0.3, -0.25) is 0 Å². The number of aryl methyl sites for hydroxylation is 2. The van der Waals surface area contributed by atoms with E-state index in [4.69, 9.17) is 0 Å². The maximum absolute atomic E-state index is 3.81. The molecule has 0 bridgehead atoms. The molecule has 2 aromatic rings. The fourth-order valence-corrected chi connectivity index (χ4v) is 3.02. The first kappa shape index (κ1) is 15.8. The van der Waals surface area contributed by atoms with Crippen LogP contribution in [-0.4, -0.2) is 0 Å². The molecule has 0 heterocycles. The number of benzene rings is 2. The molecule has 112 valence electrons. The highest BCUT2D eigenvalue weighted by atomic mass is 14.9. The van der Waals surface area contributed by atoms with Gasteiger partial charge >= 0.3 is 0 Å². The van der Waals surface area contributed by atoms with Crippen molar-refractivity contribution in [2.24, 2.45) is 0 Å². The summed E-state index contributed by atoms with van der Waals surface area (Å²) in [7, 11) is 0. The van der Waals surface area contributed by atoms with Crippen LogP contribution in [0.1, 0.15) is 61.0 Å². The molecule has 1 heteroatoms. The second-order valence-corrected chi connectivity index (χ2v) is 6.00. The van der Waals surface area contributed by atoms with Gasteiger partial charge in [-0.1, -0.05) is 67.4 Å². The van der Waals surface area contributed by atoms with Crippen LogP contribution < -0.4 is 5.32 Å². The zero-order chi connectivity index (χ0) is 15.2. The highest BCUT2D eigenvalue weighted by molar-refractivity contribution is 5.33. The van der Waals surface area contributed by atoms with Gasteiger partial charge in [0.2, 0.25) is 0 Å². The summed E-state index contributed by atoms with van der Waals surface area (Å²) < 4.78 is 0. The predicted octanol–water partition coefficient (Wildman–Crippen LogP) is 5.50. The molecule has 0 spiro atoms. The first-order valence-electron chi connectivity index (χ1n) is 8.00. The van der Waals surface area contributed by atoms with Crippen molar-refractivity contribution < 1.29 is 0 Å². The highest BCUT2D eigenvalue weighted by Gasteiger charge is 2.15. The zero-order valence-corrected chi connectivity index (χ0v) is 13.7. The van der Waals surface area contributed by atoms with Gasteiger partial charge < -0.3 is 5.32 Å². The lowest BCUT2D eigenvalue weighted by Gasteiger charge is -2.25. The van der Waals surface area contributed by atoms with Crippen molar-refractivity contribution in [2.75, 3.05) is 0 Å². The molecule has 0 saturated heterocycles. The summed E-state index contributed by atoms with van der Waals surface area (Å²) in [5.41, 5.74) is 5.49. The van der Waals surface area contributed by atoms with Gasteiger partial charge in [-0.2, -0.15) is 0 Å². The molecule has 0 aliphatic rings. The third kappa shape index (κ3) is 4.18. The molecule has 1 nitrogen and oxygen atoms in total. The van der Waals surface area contributed by atoms with E-state index in [0.717, 1.165) is 0 Å². The monoisotopic (exact) mass is 281 g/mol. The van der Waals surface area contributed by atoms with Crippen LogP contribution in [0.4, 0.5) is 0 Å². The van der Waals surface area contributed by atoms with Crippen molar-refractivity contribution in [1.82, 2.24) is 5.32 Å². The fourth-order valence-electron chi connectivity index (χ4n) is 3.02. The minimum absolute atomic E-state index is 0.363. The molecular weight excluding hydrogens is 254 g/mol. The van der Waals surface area contributed by atoms with E-state index in [9.17, 15) is 0 Å². The van der Waals surface area contributed by atoms with Gasteiger partial charge in [-0.05, 0) is 43.9 Å². The number of hydrogen-bond acceptors (Lipinski definition) is 1. The van der Waals surface area contributed by atoms with E-state index in [2.05, 4.69) is 81.5 Å². The minimum Gasteiger partial charge on any atom is -0.303 e. The third-order valence-electron chi connectivity index (χ3n) is 4.12. The molecule has 2 unspecified atom stereocenters.